The smallest absolute Gasteiger partial charge is 0.296 e. The lowest BCUT2D eigenvalue weighted by atomic mass is 9.87. The predicted molar refractivity (Wildman–Crippen MR) is 129 cm³/mol. The second-order valence-corrected chi connectivity index (χ2v) is 8.19. The van der Waals surface area contributed by atoms with Crippen molar-refractivity contribution in [3.8, 4) is 23.1 Å². The molecule has 1 amide bonds. The topological polar surface area (TPSA) is 116 Å². The van der Waals surface area contributed by atoms with Gasteiger partial charge in [0.05, 0.1) is 11.4 Å². The van der Waals surface area contributed by atoms with Crippen molar-refractivity contribution in [2.45, 2.75) is 31.8 Å². The van der Waals surface area contributed by atoms with E-state index in [9.17, 15) is 9.59 Å². The lowest BCUT2D eigenvalue weighted by Crippen LogP contribution is -2.44. The summed E-state index contributed by atoms with van der Waals surface area (Å²) in [7, 11) is 0. The van der Waals surface area contributed by atoms with E-state index >= 15 is 0 Å². The molecule has 1 aliphatic carbocycles. The number of hydrogen-bond acceptors (Lipinski definition) is 6. The fraction of sp³-hybridized carbons (Fsp3) is 0.192. The van der Waals surface area contributed by atoms with Gasteiger partial charge in [0.1, 0.15) is 17.8 Å². The van der Waals surface area contributed by atoms with E-state index in [0.717, 1.165) is 18.4 Å². The van der Waals surface area contributed by atoms with Gasteiger partial charge in [0, 0.05) is 22.7 Å². The van der Waals surface area contributed by atoms with Gasteiger partial charge in [-0.1, -0.05) is 60.5 Å². The molecule has 0 spiro atoms. The van der Waals surface area contributed by atoms with Crippen LogP contribution >= 0.6 is 0 Å². The Balaban J connectivity index is 1.44. The van der Waals surface area contributed by atoms with Crippen molar-refractivity contribution in [2.24, 2.45) is 0 Å². The van der Waals surface area contributed by atoms with Crippen LogP contribution in [-0.4, -0.2) is 37.5 Å². The number of benzene rings is 2. The van der Waals surface area contributed by atoms with Crippen molar-refractivity contribution < 1.29 is 9.59 Å². The van der Waals surface area contributed by atoms with Crippen LogP contribution in [0.3, 0.4) is 0 Å². The monoisotopic (exact) mass is 450 g/mol. The zero-order valence-electron chi connectivity index (χ0n) is 18.5. The molecule has 0 saturated heterocycles. The van der Waals surface area contributed by atoms with Gasteiger partial charge in [0.25, 0.3) is 5.91 Å². The second-order valence-electron chi connectivity index (χ2n) is 8.19. The summed E-state index contributed by atoms with van der Waals surface area (Å²) in [6.07, 6.45) is 2.87. The number of nitrogen functional groups attached to an aromatic ring is 1. The summed E-state index contributed by atoms with van der Waals surface area (Å²) in [5.41, 5.74) is 9.58. The van der Waals surface area contributed by atoms with Gasteiger partial charge < -0.3 is 11.1 Å². The third-order valence-corrected chi connectivity index (χ3v) is 6.01. The molecule has 1 saturated carbocycles. The number of nitrogens with one attached hydrogen (secondary N) is 1. The molecule has 1 fully saturated rings. The van der Waals surface area contributed by atoms with Crippen LogP contribution in [0.4, 0.5) is 5.82 Å². The largest absolute Gasteiger partial charge is 0.383 e. The van der Waals surface area contributed by atoms with E-state index in [1.807, 2.05) is 35.0 Å². The van der Waals surface area contributed by atoms with Crippen molar-refractivity contribution >= 4 is 28.5 Å². The molecule has 3 N–H and O–H groups in total. The quantitative estimate of drug-likeness (QED) is 0.356. The Hall–Kier alpha value is -4.51. The minimum Gasteiger partial charge on any atom is -0.383 e. The molecule has 5 rings (SSSR count). The first-order valence-corrected chi connectivity index (χ1v) is 11.0. The summed E-state index contributed by atoms with van der Waals surface area (Å²) in [5, 5.41) is 8.41. The molecule has 34 heavy (non-hydrogen) atoms. The van der Waals surface area contributed by atoms with E-state index in [4.69, 9.17) is 10.8 Å². The SMILES string of the molecule is CC#CC(=O)NC1CC(n2nc(-c3ccc(C(=O)c4ccccc4)cc3)c3c(N)ncnc32)C1. The molecule has 0 radical (unpaired) electrons. The number of nitrogens with two attached hydrogens (primary N) is 1. The highest BCUT2D eigenvalue weighted by Crippen LogP contribution is 2.38. The van der Waals surface area contributed by atoms with Crippen LogP contribution in [0.25, 0.3) is 22.3 Å². The van der Waals surface area contributed by atoms with Crippen LogP contribution in [0.5, 0.6) is 0 Å². The summed E-state index contributed by atoms with van der Waals surface area (Å²) in [6, 6.07) is 16.6. The Kier molecular flexibility index (Phi) is 5.52. The zero-order valence-corrected chi connectivity index (χ0v) is 18.5. The van der Waals surface area contributed by atoms with E-state index in [1.165, 1.54) is 6.33 Å². The van der Waals surface area contributed by atoms with Crippen molar-refractivity contribution in [3.05, 3.63) is 72.1 Å². The molecule has 0 atom stereocenters. The molecule has 2 aromatic heterocycles. The Bertz CT molecular complexity index is 1440. The van der Waals surface area contributed by atoms with Gasteiger partial charge in [0.2, 0.25) is 0 Å². The minimum atomic E-state index is -0.270. The van der Waals surface area contributed by atoms with Crippen LogP contribution < -0.4 is 11.1 Å². The first kappa shape index (κ1) is 21.3. The van der Waals surface area contributed by atoms with Crippen molar-refractivity contribution in [2.75, 3.05) is 5.73 Å². The van der Waals surface area contributed by atoms with Crippen LogP contribution in [0.1, 0.15) is 41.7 Å². The van der Waals surface area contributed by atoms with Gasteiger partial charge in [-0.2, -0.15) is 5.10 Å². The molecule has 0 aliphatic heterocycles. The number of carbonyl (C=O) groups is 2. The fourth-order valence-electron chi connectivity index (χ4n) is 4.23. The fourth-order valence-corrected chi connectivity index (χ4v) is 4.23. The normalized spacial score (nSPS) is 16.9. The molecule has 0 unspecified atom stereocenters. The van der Waals surface area contributed by atoms with Crippen LogP contribution in [0, 0.1) is 11.8 Å². The maximum atomic E-state index is 12.8. The molecule has 8 nitrogen and oxygen atoms in total. The van der Waals surface area contributed by atoms with E-state index in [1.54, 1.807) is 31.2 Å². The highest BCUT2D eigenvalue weighted by atomic mass is 16.1. The molecule has 168 valence electrons. The van der Waals surface area contributed by atoms with Gasteiger partial charge >= 0.3 is 0 Å². The van der Waals surface area contributed by atoms with Gasteiger partial charge in [0.15, 0.2) is 11.4 Å². The van der Waals surface area contributed by atoms with Crippen LogP contribution in [0.15, 0.2) is 60.9 Å². The summed E-state index contributed by atoms with van der Waals surface area (Å²) in [4.78, 5) is 33.1. The van der Waals surface area contributed by atoms with Gasteiger partial charge in [-0.05, 0) is 25.7 Å². The van der Waals surface area contributed by atoms with Gasteiger partial charge in [-0.3, -0.25) is 9.59 Å². The van der Waals surface area contributed by atoms with Crippen LogP contribution in [-0.2, 0) is 4.79 Å². The van der Waals surface area contributed by atoms with E-state index in [-0.39, 0.29) is 23.8 Å². The second kappa shape index (κ2) is 8.79. The lowest BCUT2D eigenvalue weighted by molar-refractivity contribution is -0.117. The zero-order chi connectivity index (χ0) is 23.7. The summed E-state index contributed by atoms with van der Waals surface area (Å²) >= 11 is 0. The van der Waals surface area contributed by atoms with E-state index < -0.39 is 0 Å². The van der Waals surface area contributed by atoms with Crippen molar-refractivity contribution in [1.29, 1.82) is 0 Å². The molecule has 2 aromatic carbocycles. The number of rotatable bonds is 5. The molecule has 8 heteroatoms. The standard InChI is InChI=1S/C26H22N6O2/c1-2-6-21(33)30-19-13-20(14-19)32-26-22(25(27)28-15-29-26)23(31-32)16-9-11-18(12-10-16)24(34)17-7-4-3-5-8-17/h3-5,7-12,15,19-20H,13-14H2,1H3,(H,30,33)(H2,27,28,29). The molecular formula is C26H22N6O2. The van der Waals surface area contributed by atoms with Crippen LogP contribution in [0.2, 0.25) is 0 Å². The number of ketones is 1. The highest BCUT2D eigenvalue weighted by molar-refractivity contribution is 6.09. The third kappa shape index (κ3) is 3.88. The first-order chi connectivity index (χ1) is 16.5. The van der Waals surface area contributed by atoms with Gasteiger partial charge in [-0.25, -0.2) is 14.6 Å². The molecule has 2 heterocycles. The Morgan fingerprint density at radius 3 is 2.44 bits per heavy atom. The summed E-state index contributed by atoms with van der Waals surface area (Å²) in [5.74, 6) is 5.14. The molecule has 1 aliphatic rings. The number of hydrogen-bond donors (Lipinski definition) is 2. The van der Waals surface area contributed by atoms with Gasteiger partial charge in [-0.15, -0.1) is 0 Å². The minimum absolute atomic E-state index is 0.0410. The molecule has 4 aromatic rings. The lowest BCUT2D eigenvalue weighted by Gasteiger charge is -2.35. The van der Waals surface area contributed by atoms with E-state index in [2.05, 4.69) is 27.1 Å². The maximum absolute atomic E-state index is 12.8. The Morgan fingerprint density at radius 2 is 1.74 bits per heavy atom. The average molecular weight is 451 g/mol. The Morgan fingerprint density at radius 1 is 1.03 bits per heavy atom. The summed E-state index contributed by atoms with van der Waals surface area (Å²) < 4.78 is 1.86. The first-order valence-electron chi connectivity index (χ1n) is 11.0. The molecule has 0 bridgehead atoms. The number of anilines is 1. The summed E-state index contributed by atoms with van der Waals surface area (Å²) in [6.45, 7) is 1.63. The van der Waals surface area contributed by atoms with Crippen molar-refractivity contribution in [1.82, 2.24) is 25.1 Å². The number of nitrogens with zero attached hydrogens (tertiary/aromatic N) is 4. The predicted octanol–water partition coefficient (Wildman–Crippen LogP) is 3.15. The number of fused-ring (bicyclic) bond motifs is 1. The van der Waals surface area contributed by atoms with E-state index in [0.29, 0.717) is 33.7 Å². The number of aromatic nitrogens is 4. The number of amides is 1. The highest BCUT2D eigenvalue weighted by Gasteiger charge is 2.34. The van der Waals surface area contributed by atoms with Crippen molar-refractivity contribution in [3.63, 3.8) is 0 Å². The third-order valence-electron chi connectivity index (χ3n) is 6.01. The number of carbonyl (C=O) groups excluding carboxylic acids is 2. The average Bonchev–Trinajstić information content (AvgIpc) is 3.22. The Labute approximate surface area is 196 Å². The maximum Gasteiger partial charge on any atom is 0.296 e. The molecular weight excluding hydrogens is 428 g/mol.